The van der Waals surface area contributed by atoms with Gasteiger partial charge in [-0.25, -0.2) is 13.5 Å². The molecule has 0 radical (unpaired) electrons. The van der Waals surface area contributed by atoms with Crippen molar-refractivity contribution >= 4 is 11.8 Å². The maximum Gasteiger partial charge on any atom is 0.267 e. The number of likely N-dealkylation sites (N-methyl/N-ethyl adjacent to an activating group) is 1. The molecule has 204 valence electrons. The molecule has 4 rings (SSSR count). The van der Waals surface area contributed by atoms with E-state index in [2.05, 4.69) is 15.3 Å². The standard InChI is InChI=1S/C25H25F2N5O3.C2H6.CH4/c1-30-7-9-31(10-8-30)24(34)15-28-25(35)18-4-2-3-17(11-18)16-32-23(33)6-5-22(29-32)19-12-20(26)14-21(27)13-19;1-2;/h2-6,11-14H,7-10,15-16H2,1H3,(H,28,35);1-2H3;1H4. The van der Waals surface area contributed by atoms with E-state index in [1.54, 1.807) is 29.2 Å². The number of carbonyl (C=O) groups is 2. The lowest BCUT2D eigenvalue weighted by atomic mass is 10.1. The van der Waals surface area contributed by atoms with Gasteiger partial charge in [-0.2, -0.15) is 5.10 Å². The van der Waals surface area contributed by atoms with Gasteiger partial charge in [0.05, 0.1) is 18.8 Å². The molecule has 0 unspecified atom stereocenters. The van der Waals surface area contributed by atoms with Gasteiger partial charge in [0, 0.05) is 49.4 Å². The Morgan fingerprint density at radius 2 is 1.61 bits per heavy atom. The molecular formula is C28H35F2N5O3. The van der Waals surface area contributed by atoms with Crippen molar-refractivity contribution in [3.8, 4) is 11.3 Å². The van der Waals surface area contributed by atoms with Gasteiger partial charge in [0.25, 0.3) is 11.5 Å². The smallest absolute Gasteiger partial charge is 0.267 e. The summed E-state index contributed by atoms with van der Waals surface area (Å²) >= 11 is 0. The maximum absolute atomic E-state index is 13.6. The van der Waals surface area contributed by atoms with Crippen LogP contribution >= 0.6 is 0 Å². The molecule has 0 atom stereocenters. The van der Waals surface area contributed by atoms with Crippen molar-refractivity contribution < 1.29 is 18.4 Å². The van der Waals surface area contributed by atoms with Crippen LogP contribution in [0, 0.1) is 11.6 Å². The molecule has 0 spiro atoms. The zero-order valence-electron chi connectivity index (χ0n) is 21.2. The molecule has 1 N–H and O–H groups in total. The molecule has 8 nitrogen and oxygen atoms in total. The predicted octanol–water partition coefficient (Wildman–Crippen LogP) is 3.40. The second-order valence-corrected chi connectivity index (χ2v) is 8.44. The van der Waals surface area contributed by atoms with Crippen molar-refractivity contribution in [1.29, 1.82) is 0 Å². The first kappa shape index (κ1) is 30.3. The van der Waals surface area contributed by atoms with E-state index in [0.29, 0.717) is 24.2 Å². The van der Waals surface area contributed by atoms with Crippen LogP contribution in [0.2, 0.25) is 0 Å². The lowest BCUT2D eigenvalue weighted by Crippen LogP contribution is -2.50. The third-order valence-electron chi connectivity index (χ3n) is 5.80. The van der Waals surface area contributed by atoms with Gasteiger partial charge in [-0.15, -0.1) is 0 Å². The van der Waals surface area contributed by atoms with Crippen molar-refractivity contribution in [2.24, 2.45) is 0 Å². The molecule has 2 heterocycles. The fourth-order valence-electron chi connectivity index (χ4n) is 3.83. The number of amides is 2. The van der Waals surface area contributed by atoms with Crippen LogP contribution in [0.25, 0.3) is 11.3 Å². The topological polar surface area (TPSA) is 87.5 Å². The molecule has 1 aliphatic heterocycles. The minimum absolute atomic E-state index is 0. The zero-order valence-corrected chi connectivity index (χ0v) is 21.2. The zero-order chi connectivity index (χ0) is 26.9. The van der Waals surface area contributed by atoms with Gasteiger partial charge >= 0.3 is 0 Å². The summed E-state index contributed by atoms with van der Waals surface area (Å²) in [5.41, 5.74) is 0.997. The van der Waals surface area contributed by atoms with E-state index in [-0.39, 0.29) is 37.7 Å². The lowest BCUT2D eigenvalue weighted by molar-refractivity contribution is -0.131. The van der Waals surface area contributed by atoms with Gasteiger partial charge in [0.1, 0.15) is 11.6 Å². The summed E-state index contributed by atoms with van der Waals surface area (Å²) in [4.78, 5) is 41.2. The second kappa shape index (κ2) is 14.1. The summed E-state index contributed by atoms with van der Waals surface area (Å²) < 4.78 is 28.3. The molecule has 0 aliphatic carbocycles. The molecule has 2 amide bonds. The third kappa shape index (κ3) is 8.04. The Kier molecular flexibility index (Phi) is 11.3. The number of hydrogen-bond donors (Lipinski definition) is 1. The second-order valence-electron chi connectivity index (χ2n) is 8.44. The van der Waals surface area contributed by atoms with Crippen LogP contribution in [0.5, 0.6) is 0 Å². The third-order valence-corrected chi connectivity index (χ3v) is 5.80. The van der Waals surface area contributed by atoms with E-state index in [0.717, 1.165) is 36.0 Å². The highest BCUT2D eigenvalue weighted by Gasteiger charge is 2.19. The molecule has 2 aromatic carbocycles. The molecule has 38 heavy (non-hydrogen) atoms. The molecule has 1 aliphatic rings. The predicted molar refractivity (Wildman–Crippen MR) is 144 cm³/mol. The SMILES string of the molecule is C.CC.CN1CCN(C(=O)CNC(=O)c2cccc(Cn3nc(-c4cc(F)cc(F)c4)ccc3=O)c2)CC1. The summed E-state index contributed by atoms with van der Waals surface area (Å²) in [5, 5.41) is 6.88. The van der Waals surface area contributed by atoms with Crippen LogP contribution in [0.4, 0.5) is 8.78 Å². The fourth-order valence-corrected chi connectivity index (χ4v) is 3.83. The van der Waals surface area contributed by atoms with Gasteiger partial charge in [-0.05, 0) is 42.9 Å². The summed E-state index contributed by atoms with van der Waals surface area (Å²) in [7, 11) is 2.00. The average Bonchev–Trinajstić information content (AvgIpc) is 2.89. The molecule has 10 heteroatoms. The molecule has 3 aromatic rings. The molecule has 0 bridgehead atoms. The van der Waals surface area contributed by atoms with E-state index >= 15 is 0 Å². The number of benzene rings is 2. The van der Waals surface area contributed by atoms with E-state index < -0.39 is 23.1 Å². The molecule has 0 saturated carbocycles. The highest BCUT2D eigenvalue weighted by molar-refractivity contribution is 5.96. The minimum Gasteiger partial charge on any atom is -0.343 e. The van der Waals surface area contributed by atoms with Gasteiger partial charge in [-0.1, -0.05) is 33.4 Å². The van der Waals surface area contributed by atoms with Crippen molar-refractivity contribution in [3.63, 3.8) is 0 Å². The Morgan fingerprint density at radius 1 is 0.947 bits per heavy atom. The van der Waals surface area contributed by atoms with Crippen LogP contribution < -0.4 is 10.9 Å². The first-order valence-corrected chi connectivity index (χ1v) is 12.2. The number of aromatic nitrogens is 2. The summed E-state index contributed by atoms with van der Waals surface area (Å²) in [6, 6.07) is 12.3. The van der Waals surface area contributed by atoms with Crippen LogP contribution in [0.3, 0.4) is 0 Å². The summed E-state index contributed by atoms with van der Waals surface area (Å²) in [6.07, 6.45) is 0. The molecule has 1 aromatic heterocycles. The van der Waals surface area contributed by atoms with Gasteiger partial charge in [0.2, 0.25) is 5.91 Å². The van der Waals surface area contributed by atoms with Gasteiger partial charge in [0.15, 0.2) is 0 Å². The van der Waals surface area contributed by atoms with E-state index in [9.17, 15) is 23.2 Å². The Hall–Kier alpha value is -3.92. The van der Waals surface area contributed by atoms with Crippen molar-refractivity contribution in [3.05, 3.63) is 87.7 Å². The maximum atomic E-state index is 13.6. The van der Waals surface area contributed by atoms with E-state index in [4.69, 9.17) is 0 Å². The number of rotatable bonds is 6. The van der Waals surface area contributed by atoms with E-state index in [1.165, 1.54) is 12.1 Å². The number of nitrogens with one attached hydrogen (secondary N) is 1. The molecular weight excluding hydrogens is 492 g/mol. The number of hydrogen-bond acceptors (Lipinski definition) is 5. The van der Waals surface area contributed by atoms with Crippen LogP contribution in [0.15, 0.2) is 59.4 Å². The van der Waals surface area contributed by atoms with E-state index in [1.807, 2.05) is 20.9 Å². The first-order chi connectivity index (χ1) is 17.8. The number of carbonyl (C=O) groups excluding carboxylic acids is 2. The Labute approximate surface area is 221 Å². The fraction of sp³-hybridized carbons (Fsp3) is 0.357. The van der Waals surface area contributed by atoms with Crippen LogP contribution in [-0.2, 0) is 11.3 Å². The summed E-state index contributed by atoms with van der Waals surface area (Å²) in [6.45, 7) is 6.80. The molecule has 1 saturated heterocycles. The van der Waals surface area contributed by atoms with Crippen molar-refractivity contribution in [2.75, 3.05) is 39.8 Å². The Bertz CT molecular complexity index is 1280. The van der Waals surface area contributed by atoms with Gasteiger partial charge in [-0.3, -0.25) is 14.4 Å². The first-order valence-electron chi connectivity index (χ1n) is 12.2. The Balaban J connectivity index is 0.00000165. The largest absolute Gasteiger partial charge is 0.343 e. The van der Waals surface area contributed by atoms with Crippen LogP contribution in [0.1, 0.15) is 37.2 Å². The minimum atomic E-state index is -0.746. The van der Waals surface area contributed by atoms with Crippen molar-refractivity contribution in [1.82, 2.24) is 24.9 Å². The Morgan fingerprint density at radius 3 is 2.26 bits per heavy atom. The highest BCUT2D eigenvalue weighted by atomic mass is 19.1. The van der Waals surface area contributed by atoms with Crippen molar-refractivity contribution in [2.45, 2.75) is 27.8 Å². The lowest BCUT2D eigenvalue weighted by Gasteiger charge is -2.32. The number of piperazine rings is 1. The average molecular weight is 528 g/mol. The van der Waals surface area contributed by atoms with Gasteiger partial charge < -0.3 is 15.1 Å². The quantitative estimate of drug-likeness (QED) is 0.531. The summed E-state index contributed by atoms with van der Waals surface area (Å²) in [5.74, 6) is -2.03. The molecule has 1 fully saturated rings. The normalized spacial score (nSPS) is 13.1. The number of halogens is 2. The van der Waals surface area contributed by atoms with Crippen LogP contribution in [-0.4, -0.2) is 71.2 Å². The highest BCUT2D eigenvalue weighted by Crippen LogP contribution is 2.19. The monoisotopic (exact) mass is 527 g/mol. The number of nitrogens with zero attached hydrogens (tertiary/aromatic N) is 4.